The molecule has 1 saturated carbocycles. The van der Waals surface area contributed by atoms with E-state index in [0.717, 1.165) is 28.8 Å². The Labute approximate surface area is 230 Å². The van der Waals surface area contributed by atoms with Gasteiger partial charge in [-0.15, -0.1) is 0 Å². The second-order valence-electron chi connectivity index (χ2n) is 10.1. The summed E-state index contributed by atoms with van der Waals surface area (Å²) in [6, 6.07) is 19.4. The molecule has 1 aromatic heterocycles. The van der Waals surface area contributed by atoms with Crippen LogP contribution in [0.5, 0.6) is 0 Å². The number of benzene rings is 3. The lowest BCUT2D eigenvalue weighted by molar-refractivity contribution is -0.139. The van der Waals surface area contributed by atoms with E-state index in [4.69, 9.17) is 9.56 Å². The number of amides is 3. The van der Waals surface area contributed by atoms with Gasteiger partial charge < -0.3 is 9.32 Å². The molecule has 2 heterocycles. The van der Waals surface area contributed by atoms with Crippen LogP contribution < -0.4 is 10.0 Å². The first-order valence-corrected chi connectivity index (χ1v) is 14.5. The third-order valence-corrected chi connectivity index (χ3v) is 8.20. The van der Waals surface area contributed by atoms with Gasteiger partial charge in [0.2, 0.25) is 27.7 Å². The Bertz CT molecular complexity index is 1690. The SMILES string of the molecule is NS(=O)(=O)c1ccc(CCN(C(=O)C2CC2)C2CC(=O)N(c3ccc(-c4nc5ccccc5o4)cc3)C2=O)cc1. The van der Waals surface area contributed by atoms with Crippen LogP contribution in [0.4, 0.5) is 5.69 Å². The Morgan fingerprint density at radius 1 is 1.00 bits per heavy atom. The first kappa shape index (κ1) is 25.9. The summed E-state index contributed by atoms with van der Waals surface area (Å²) in [5.41, 5.74) is 3.29. The number of aromatic nitrogens is 1. The van der Waals surface area contributed by atoms with Crippen LogP contribution in [0.3, 0.4) is 0 Å². The van der Waals surface area contributed by atoms with Gasteiger partial charge in [-0.1, -0.05) is 24.3 Å². The Morgan fingerprint density at radius 2 is 1.70 bits per heavy atom. The summed E-state index contributed by atoms with van der Waals surface area (Å²) in [6.45, 7) is 0.220. The maximum absolute atomic E-state index is 13.5. The van der Waals surface area contributed by atoms with Crippen LogP contribution in [0.2, 0.25) is 0 Å². The van der Waals surface area contributed by atoms with E-state index in [1.807, 2.05) is 24.3 Å². The van der Waals surface area contributed by atoms with E-state index >= 15 is 0 Å². The molecule has 1 aliphatic heterocycles. The molecule has 40 heavy (non-hydrogen) atoms. The topological polar surface area (TPSA) is 144 Å². The van der Waals surface area contributed by atoms with Crippen LogP contribution in [0.15, 0.2) is 82.1 Å². The van der Waals surface area contributed by atoms with Gasteiger partial charge in [0.1, 0.15) is 11.6 Å². The number of carbonyl (C=O) groups is 3. The van der Waals surface area contributed by atoms with E-state index in [-0.39, 0.29) is 35.6 Å². The van der Waals surface area contributed by atoms with Gasteiger partial charge in [0.25, 0.3) is 5.91 Å². The van der Waals surface area contributed by atoms with E-state index in [2.05, 4.69) is 4.98 Å². The second-order valence-corrected chi connectivity index (χ2v) is 11.6. The molecule has 1 unspecified atom stereocenters. The zero-order valence-corrected chi connectivity index (χ0v) is 22.2. The summed E-state index contributed by atoms with van der Waals surface area (Å²) in [7, 11) is -3.81. The first-order valence-electron chi connectivity index (χ1n) is 12.9. The number of nitrogens with zero attached hydrogens (tertiary/aromatic N) is 3. The molecule has 1 saturated heterocycles. The normalized spacial score (nSPS) is 17.5. The Morgan fingerprint density at radius 3 is 2.35 bits per heavy atom. The predicted octanol–water partition coefficient (Wildman–Crippen LogP) is 3.26. The van der Waals surface area contributed by atoms with Gasteiger partial charge in [-0.05, 0) is 73.4 Å². The summed E-state index contributed by atoms with van der Waals surface area (Å²) in [4.78, 5) is 46.9. The van der Waals surface area contributed by atoms with Gasteiger partial charge in [0.05, 0.1) is 17.0 Å². The Kier molecular flexibility index (Phi) is 6.47. The molecule has 3 amide bonds. The van der Waals surface area contributed by atoms with Crippen molar-refractivity contribution in [2.24, 2.45) is 11.1 Å². The van der Waals surface area contributed by atoms with Crippen molar-refractivity contribution < 1.29 is 27.2 Å². The summed E-state index contributed by atoms with van der Waals surface area (Å²) < 4.78 is 28.9. The van der Waals surface area contributed by atoms with Crippen molar-refractivity contribution in [3.63, 3.8) is 0 Å². The molecule has 204 valence electrons. The van der Waals surface area contributed by atoms with Gasteiger partial charge in [-0.2, -0.15) is 0 Å². The summed E-state index contributed by atoms with van der Waals surface area (Å²) in [5, 5.41) is 5.17. The average molecular weight is 559 g/mol. The second kappa shape index (κ2) is 10.00. The van der Waals surface area contributed by atoms with Crippen molar-refractivity contribution in [1.82, 2.24) is 9.88 Å². The summed E-state index contributed by atoms with van der Waals surface area (Å²) in [6.07, 6.45) is 1.80. The van der Waals surface area contributed by atoms with E-state index in [9.17, 15) is 22.8 Å². The number of hydrogen-bond donors (Lipinski definition) is 1. The third kappa shape index (κ3) is 5.01. The van der Waals surface area contributed by atoms with Crippen LogP contribution in [0, 0.1) is 5.92 Å². The molecule has 3 aromatic carbocycles. The average Bonchev–Trinajstić information content (AvgIpc) is 3.63. The highest BCUT2D eigenvalue weighted by Gasteiger charge is 2.46. The highest BCUT2D eigenvalue weighted by Crippen LogP contribution is 2.35. The Hall–Kier alpha value is -4.35. The largest absolute Gasteiger partial charge is 0.436 e. The number of hydrogen-bond acceptors (Lipinski definition) is 7. The standard InChI is InChI=1S/C29H26N4O6S/c30-40(37,38)22-13-5-18(6-14-22)15-16-32(28(35)20-7-8-20)24-17-26(34)33(29(24)36)21-11-9-19(10-12-21)27-31-23-3-1-2-4-25(23)39-27/h1-6,9-14,20,24H,7-8,15-17H2,(H2,30,37,38). The van der Waals surface area contributed by atoms with Crippen molar-refractivity contribution in [2.45, 2.75) is 36.6 Å². The number of oxazole rings is 1. The van der Waals surface area contributed by atoms with E-state index in [0.29, 0.717) is 29.1 Å². The van der Waals surface area contributed by atoms with Gasteiger partial charge >= 0.3 is 0 Å². The molecule has 11 heteroatoms. The Balaban J connectivity index is 1.20. The number of nitrogens with two attached hydrogens (primary N) is 1. The molecule has 0 bridgehead atoms. The molecule has 10 nitrogen and oxygen atoms in total. The van der Waals surface area contributed by atoms with Crippen LogP contribution in [0.1, 0.15) is 24.8 Å². The fourth-order valence-corrected chi connectivity index (χ4v) is 5.47. The zero-order valence-electron chi connectivity index (χ0n) is 21.4. The molecule has 6 rings (SSSR count). The molecular formula is C29H26N4O6S. The number of primary sulfonamides is 1. The minimum Gasteiger partial charge on any atom is -0.436 e. The number of carbonyl (C=O) groups excluding carboxylic acids is 3. The number of anilines is 1. The minimum atomic E-state index is -3.81. The molecule has 4 aromatic rings. The van der Waals surface area contributed by atoms with E-state index < -0.39 is 22.0 Å². The van der Waals surface area contributed by atoms with Crippen molar-refractivity contribution in [1.29, 1.82) is 0 Å². The highest BCUT2D eigenvalue weighted by atomic mass is 32.2. The minimum absolute atomic E-state index is 0.00325. The third-order valence-electron chi connectivity index (χ3n) is 7.27. The number of para-hydroxylation sites is 2. The van der Waals surface area contributed by atoms with Gasteiger partial charge in [-0.25, -0.2) is 23.4 Å². The highest BCUT2D eigenvalue weighted by molar-refractivity contribution is 7.89. The maximum Gasteiger partial charge on any atom is 0.257 e. The van der Waals surface area contributed by atoms with Crippen molar-refractivity contribution >= 4 is 44.5 Å². The molecule has 1 atom stereocenters. The zero-order chi connectivity index (χ0) is 28.0. The number of imide groups is 1. The van der Waals surface area contributed by atoms with Gasteiger partial charge in [0, 0.05) is 18.0 Å². The van der Waals surface area contributed by atoms with Crippen LogP contribution >= 0.6 is 0 Å². The molecule has 2 aliphatic rings. The molecule has 1 aliphatic carbocycles. The molecule has 2 N–H and O–H groups in total. The van der Waals surface area contributed by atoms with Gasteiger partial charge in [-0.3, -0.25) is 14.4 Å². The fraction of sp³-hybridized carbons (Fsp3) is 0.241. The lowest BCUT2D eigenvalue weighted by Gasteiger charge is -2.28. The first-order chi connectivity index (χ1) is 19.2. The van der Waals surface area contributed by atoms with Gasteiger partial charge in [0.15, 0.2) is 5.58 Å². The fourth-order valence-electron chi connectivity index (χ4n) is 4.96. The predicted molar refractivity (Wildman–Crippen MR) is 146 cm³/mol. The van der Waals surface area contributed by atoms with Crippen LogP contribution in [-0.2, 0) is 30.8 Å². The van der Waals surface area contributed by atoms with Crippen LogP contribution in [-0.4, -0.2) is 48.6 Å². The summed E-state index contributed by atoms with van der Waals surface area (Å²) >= 11 is 0. The number of sulfonamides is 1. The number of rotatable bonds is 8. The molecule has 0 spiro atoms. The quantitative estimate of drug-likeness (QED) is 0.327. The summed E-state index contributed by atoms with van der Waals surface area (Å²) in [5.74, 6) is -0.672. The van der Waals surface area contributed by atoms with E-state index in [1.54, 1.807) is 36.4 Å². The molecule has 0 radical (unpaired) electrons. The van der Waals surface area contributed by atoms with Crippen molar-refractivity contribution in [3.05, 3.63) is 78.4 Å². The van der Waals surface area contributed by atoms with E-state index in [1.165, 1.54) is 17.0 Å². The monoisotopic (exact) mass is 558 g/mol. The lowest BCUT2D eigenvalue weighted by Crippen LogP contribution is -2.47. The number of fused-ring (bicyclic) bond motifs is 1. The van der Waals surface area contributed by atoms with Crippen LogP contribution in [0.25, 0.3) is 22.6 Å². The van der Waals surface area contributed by atoms with Crippen molar-refractivity contribution in [3.8, 4) is 11.5 Å². The molecule has 2 fully saturated rings. The van der Waals surface area contributed by atoms with Crippen molar-refractivity contribution in [2.75, 3.05) is 11.4 Å². The smallest absolute Gasteiger partial charge is 0.257 e. The molecular weight excluding hydrogens is 532 g/mol. The lowest BCUT2D eigenvalue weighted by atomic mass is 10.1. The maximum atomic E-state index is 13.5.